The van der Waals surface area contributed by atoms with Crippen LogP contribution >= 0.6 is 0 Å². The van der Waals surface area contributed by atoms with Gasteiger partial charge in [-0.2, -0.15) is 8.42 Å². The summed E-state index contributed by atoms with van der Waals surface area (Å²) < 4.78 is 38.1. The van der Waals surface area contributed by atoms with Gasteiger partial charge in [0, 0.05) is 12.1 Å². The number of carbonyl (C=O) groups is 1. The summed E-state index contributed by atoms with van der Waals surface area (Å²) in [7, 11) is -4.52. The Morgan fingerprint density at radius 1 is 1.38 bits per heavy atom. The smallest absolute Gasteiger partial charge is 0.334 e. The van der Waals surface area contributed by atoms with Gasteiger partial charge in [-0.05, 0) is 18.4 Å². The largest absolute Gasteiger partial charge is 0.479 e. The molecule has 1 atom stereocenters. The van der Waals surface area contributed by atoms with Crippen molar-refractivity contribution in [3.8, 4) is 0 Å². The van der Waals surface area contributed by atoms with Gasteiger partial charge in [0.05, 0.1) is 4.92 Å². The van der Waals surface area contributed by atoms with Crippen molar-refractivity contribution in [1.82, 2.24) is 0 Å². The number of hydrogen-bond donors (Lipinski definition) is 1. The number of aliphatic carboxylic acids is 1. The zero-order valence-electron chi connectivity index (χ0n) is 10.6. The van der Waals surface area contributed by atoms with Crippen molar-refractivity contribution in [2.75, 3.05) is 6.01 Å². The molecule has 21 heavy (non-hydrogen) atoms. The molecule has 1 N–H and O–H groups in total. The van der Waals surface area contributed by atoms with Crippen LogP contribution in [0.1, 0.15) is 12.0 Å². The van der Waals surface area contributed by atoms with Gasteiger partial charge in [0.25, 0.3) is 15.8 Å². The average Bonchev–Trinajstić information content (AvgIpc) is 2.43. The van der Waals surface area contributed by atoms with Crippen LogP contribution in [0, 0.1) is 10.1 Å². The van der Waals surface area contributed by atoms with Crippen LogP contribution in [-0.2, 0) is 25.5 Å². The van der Waals surface area contributed by atoms with Crippen LogP contribution < -0.4 is 0 Å². The molecule has 116 valence electrons. The number of alkyl halides is 1. The Morgan fingerprint density at radius 2 is 1.95 bits per heavy atom. The second kappa shape index (κ2) is 7.09. The number of nitro groups is 1. The highest BCUT2D eigenvalue weighted by Gasteiger charge is 2.25. The van der Waals surface area contributed by atoms with Gasteiger partial charge in [0.1, 0.15) is 0 Å². The summed E-state index contributed by atoms with van der Waals surface area (Å²) in [5.74, 6) is -1.53. The van der Waals surface area contributed by atoms with E-state index in [-0.39, 0.29) is 18.5 Å². The Kier molecular flexibility index (Phi) is 5.73. The second-order valence-electron chi connectivity index (χ2n) is 4.05. The maximum Gasteiger partial charge on any atom is 0.334 e. The summed E-state index contributed by atoms with van der Waals surface area (Å²) in [5.41, 5.74) is 0.442. The number of carboxylic acid groups (broad SMARTS) is 1. The Balaban J connectivity index is 2.69. The first kappa shape index (κ1) is 17.0. The number of nitro benzene ring substituents is 1. The molecule has 1 rings (SSSR count). The number of benzene rings is 1. The third-order valence-corrected chi connectivity index (χ3v) is 3.31. The standard InChI is InChI=1S/C11H12FNO7S/c12-7-21(18,19)20-10(11(14)15)6-3-8-1-4-9(5-2-8)13(16)17/h1-2,4-5,10H,3,6-7H2,(H,14,15). The van der Waals surface area contributed by atoms with Crippen molar-refractivity contribution in [3.63, 3.8) is 0 Å². The van der Waals surface area contributed by atoms with Gasteiger partial charge < -0.3 is 5.11 Å². The van der Waals surface area contributed by atoms with Crippen LogP contribution in [0.25, 0.3) is 0 Å². The minimum absolute atomic E-state index is 0.108. The van der Waals surface area contributed by atoms with Crippen molar-refractivity contribution in [2.45, 2.75) is 18.9 Å². The molecule has 0 amide bonds. The fraction of sp³-hybridized carbons (Fsp3) is 0.364. The van der Waals surface area contributed by atoms with Crippen LogP contribution in [0.2, 0.25) is 0 Å². The number of rotatable bonds is 8. The van der Waals surface area contributed by atoms with E-state index in [1.165, 1.54) is 24.3 Å². The number of nitrogens with zero attached hydrogens (tertiary/aromatic N) is 1. The number of carboxylic acids is 1. The Bertz CT molecular complexity index is 614. The first-order chi connectivity index (χ1) is 9.75. The zero-order valence-corrected chi connectivity index (χ0v) is 11.5. The van der Waals surface area contributed by atoms with Gasteiger partial charge in [-0.1, -0.05) is 12.1 Å². The van der Waals surface area contributed by atoms with Crippen molar-refractivity contribution in [3.05, 3.63) is 39.9 Å². The highest BCUT2D eigenvalue weighted by molar-refractivity contribution is 7.86. The number of non-ortho nitro benzene ring substituents is 1. The van der Waals surface area contributed by atoms with Gasteiger partial charge in [0.15, 0.2) is 6.10 Å². The van der Waals surface area contributed by atoms with Crippen LogP contribution in [0.15, 0.2) is 24.3 Å². The fourth-order valence-electron chi connectivity index (χ4n) is 1.50. The summed E-state index contributed by atoms with van der Waals surface area (Å²) in [6.07, 6.45) is -1.82. The van der Waals surface area contributed by atoms with E-state index in [1.807, 2.05) is 0 Å². The van der Waals surface area contributed by atoms with E-state index < -0.39 is 33.1 Å². The Labute approximate surface area is 119 Å². The second-order valence-corrected chi connectivity index (χ2v) is 5.58. The highest BCUT2D eigenvalue weighted by atomic mass is 32.2. The summed E-state index contributed by atoms with van der Waals surface area (Å²) in [5, 5.41) is 19.3. The molecule has 10 heteroatoms. The Morgan fingerprint density at radius 3 is 2.38 bits per heavy atom. The molecule has 0 saturated carbocycles. The molecule has 0 aliphatic carbocycles. The molecule has 0 saturated heterocycles. The fourth-order valence-corrected chi connectivity index (χ4v) is 2.08. The molecule has 0 aromatic heterocycles. The molecular formula is C11H12FNO7S. The minimum atomic E-state index is -4.52. The molecule has 0 fully saturated rings. The maximum atomic E-state index is 12.1. The summed E-state index contributed by atoms with van der Waals surface area (Å²) >= 11 is 0. The lowest BCUT2D eigenvalue weighted by Crippen LogP contribution is -2.28. The van der Waals surface area contributed by atoms with E-state index >= 15 is 0 Å². The topological polar surface area (TPSA) is 124 Å². The molecule has 1 aromatic rings. The maximum absolute atomic E-state index is 12.1. The Hall–Kier alpha value is -2.07. The first-order valence-electron chi connectivity index (χ1n) is 5.68. The van der Waals surface area contributed by atoms with E-state index in [9.17, 15) is 27.7 Å². The number of halogens is 1. The van der Waals surface area contributed by atoms with Crippen LogP contribution in [-0.4, -0.2) is 36.5 Å². The van der Waals surface area contributed by atoms with Crippen LogP contribution in [0.3, 0.4) is 0 Å². The zero-order chi connectivity index (χ0) is 16.0. The first-order valence-corrected chi connectivity index (χ1v) is 7.26. The molecule has 8 nitrogen and oxygen atoms in total. The molecular weight excluding hydrogens is 309 g/mol. The highest BCUT2D eigenvalue weighted by Crippen LogP contribution is 2.15. The molecule has 1 unspecified atom stereocenters. The molecule has 0 aliphatic heterocycles. The number of aryl methyl sites for hydroxylation is 1. The monoisotopic (exact) mass is 321 g/mol. The van der Waals surface area contributed by atoms with Crippen molar-refractivity contribution in [2.24, 2.45) is 0 Å². The van der Waals surface area contributed by atoms with Gasteiger partial charge in [0.2, 0.25) is 6.01 Å². The average molecular weight is 321 g/mol. The lowest BCUT2D eigenvalue weighted by molar-refractivity contribution is -0.384. The molecule has 1 aromatic carbocycles. The van der Waals surface area contributed by atoms with Crippen molar-refractivity contribution >= 4 is 21.8 Å². The summed E-state index contributed by atoms with van der Waals surface area (Å²) in [6, 6.07) is 3.50. The van der Waals surface area contributed by atoms with E-state index in [0.29, 0.717) is 5.56 Å². The third kappa shape index (κ3) is 5.44. The van der Waals surface area contributed by atoms with E-state index in [2.05, 4.69) is 4.18 Å². The predicted octanol–water partition coefficient (Wildman–Crippen LogP) is 1.25. The molecule has 0 spiro atoms. The van der Waals surface area contributed by atoms with Gasteiger partial charge in [-0.25, -0.2) is 9.18 Å². The summed E-state index contributed by atoms with van der Waals surface area (Å²) in [6.45, 7) is 0. The molecule has 0 bridgehead atoms. The van der Waals surface area contributed by atoms with E-state index in [4.69, 9.17) is 5.11 Å². The lowest BCUT2D eigenvalue weighted by atomic mass is 10.1. The molecule has 0 heterocycles. The molecule has 0 aliphatic rings. The van der Waals surface area contributed by atoms with Crippen molar-refractivity contribution < 1.29 is 31.8 Å². The van der Waals surface area contributed by atoms with Crippen LogP contribution in [0.4, 0.5) is 10.1 Å². The predicted molar refractivity (Wildman–Crippen MR) is 68.8 cm³/mol. The SMILES string of the molecule is O=C(O)C(CCc1ccc([N+](=O)[O-])cc1)OS(=O)(=O)CF. The van der Waals surface area contributed by atoms with E-state index in [0.717, 1.165) is 0 Å². The van der Waals surface area contributed by atoms with Crippen LogP contribution in [0.5, 0.6) is 0 Å². The summed E-state index contributed by atoms with van der Waals surface area (Å²) in [4.78, 5) is 20.7. The van der Waals surface area contributed by atoms with Gasteiger partial charge in [-0.3, -0.25) is 14.3 Å². The lowest BCUT2D eigenvalue weighted by Gasteiger charge is -2.12. The van der Waals surface area contributed by atoms with Crippen molar-refractivity contribution in [1.29, 1.82) is 0 Å². The normalized spacial score (nSPS) is 12.8. The third-order valence-electron chi connectivity index (χ3n) is 2.51. The number of hydrogen-bond acceptors (Lipinski definition) is 6. The molecule has 0 radical (unpaired) electrons. The van der Waals surface area contributed by atoms with Gasteiger partial charge >= 0.3 is 5.97 Å². The quantitative estimate of drug-likeness (QED) is 0.434. The van der Waals surface area contributed by atoms with E-state index in [1.54, 1.807) is 0 Å². The van der Waals surface area contributed by atoms with Gasteiger partial charge in [-0.15, -0.1) is 0 Å². The minimum Gasteiger partial charge on any atom is -0.479 e.